The normalized spacial score (nSPS) is 21.0. The van der Waals surface area contributed by atoms with Gasteiger partial charge in [-0.25, -0.2) is 0 Å². The summed E-state index contributed by atoms with van der Waals surface area (Å²) < 4.78 is 0. The number of benzene rings is 1. The van der Waals surface area contributed by atoms with E-state index in [4.69, 9.17) is 0 Å². The molecule has 2 nitrogen and oxygen atoms in total. The minimum Gasteiger partial charge on any atom is -0.316 e. The smallest absolute Gasteiger partial charge is 0.0323 e. The Bertz CT molecular complexity index is 406. The molecule has 0 bridgehead atoms. The zero-order chi connectivity index (χ0) is 13.8. The lowest BCUT2D eigenvalue weighted by Gasteiger charge is -2.23. The van der Waals surface area contributed by atoms with E-state index in [9.17, 15) is 0 Å². The van der Waals surface area contributed by atoms with Crippen LogP contribution in [-0.4, -0.2) is 20.1 Å². The van der Waals surface area contributed by atoms with Crippen molar-refractivity contribution >= 4 is 0 Å². The molecule has 1 aromatic rings. The Kier molecular flexibility index (Phi) is 5.00. The molecule has 2 atom stereocenters. The van der Waals surface area contributed by atoms with Crippen LogP contribution in [0, 0.1) is 12.8 Å². The summed E-state index contributed by atoms with van der Waals surface area (Å²) in [5.41, 5.74) is 4.35. The number of hydrogen-bond acceptors (Lipinski definition) is 2. The van der Waals surface area contributed by atoms with Gasteiger partial charge in [-0.2, -0.15) is 0 Å². The Labute approximate surface area is 118 Å². The first-order chi connectivity index (χ1) is 9.11. The topological polar surface area (TPSA) is 24.1 Å². The SMILES string of the molecule is CNC(CC1CCNC1)c1cc(C(C)C)ccc1C. The van der Waals surface area contributed by atoms with Gasteiger partial charge in [-0.15, -0.1) is 0 Å². The fourth-order valence-corrected chi connectivity index (χ4v) is 3.04. The molecular formula is C17H28N2. The summed E-state index contributed by atoms with van der Waals surface area (Å²) in [6.07, 6.45) is 2.56. The molecule has 2 rings (SSSR count). The molecule has 1 heterocycles. The van der Waals surface area contributed by atoms with Gasteiger partial charge in [0.2, 0.25) is 0 Å². The molecule has 1 saturated heterocycles. The predicted molar refractivity (Wildman–Crippen MR) is 82.7 cm³/mol. The van der Waals surface area contributed by atoms with Crippen molar-refractivity contribution < 1.29 is 0 Å². The van der Waals surface area contributed by atoms with Crippen LogP contribution < -0.4 is 10.6 Å². The van der Waals surface area contributed by atoms with Crippen LogP contribution in [0.4, 0.5) is 0 Å². The van der Waals surface area contributed by atoms with Crippen LogP contribution in [0.25, 0.3) is 0 Å². The summed E-state index contributed by atoms with van der Waals surface area (Å²) in [6, 6.07) is 7.45. The fraction of sp³-hybridized carbons (Fsp3) is 0.647. The Morgan fingerprint density at radius 2 is 2.16 bits per heavy atom. The van der Waals surface area contributed by atoms with Gasteiger partial charge in [-0.05, 0) is 68.4 Å². The maximum absolute atomic E-state index is 3.52. The van der Waals surface area contributed by atoms with Crippen molar-refractivity contribution in [1.29, 1.82) is 0 Å². The van der Waals surface area contributed by atoms with E-state index in [0.717, 1.165) is 5.92 Å². The summed E-state index contributed by atoms with van der Waals surface area (Å²) in [6.45, 7) is 9.14. The van der Waals surface area contributed by atoms with Crippen LogP contribution in [0.1, 0.15) is 55.3 Å². The standard InChI is InChI=1S/C17H28N2/c1-12(2)15-6-5-13(3)16(10-15)17(18-4)9-14-7-8-19-11-14/h5-6,10,12,14,17-19H,7-9,11H2,1-4H3. The van der Waals surface area contributed by atoms with E-state index >= 15 is 0 Å². The predicted octanol–water partition coefficient (Wildman–Crippen LogP) is 3.38. The Morgan fingerprint density at radius 3 is 2.74 bits per heavy atom. The second-order valence-electron chi connectivity index (χ2n) is 6.21. The number of hydrogen-bond donors (Lipinski definition) is 2. The summed E-state index contributed by atoms with van der Waals surface area (Å²) in [4.78, 5) is 0. The summed E-state index contributed by atoms with van der Waals surface area (Å²) in [5.74, 6) is 1.42. The molecule has 0 amide bonds. The molecule has 0 radical (unpaired) electrons. The van der Waals surface area contributed by atoms with Crippen LogP contribution in [0.5, 0.6) is 0 Å². The lowest BCUT2D eigenvalue weighted by atomic mass is 9.89. The molecule has 1 aromatic carbocycles. The third-order valence-electron chi connectivity index (χ3n) is 4.43. The first kappa shape index (κ1) is 14.5. The van der Waals surface area contributed by atoms with E-state index in [2.05, 4.69) is 56.7 Å². The molecule has 2 heteroatoms. The van der Waals surface area contributed by atoms with Crippen LogP contribution in [0.3, 0.4) is 0 Å². The summed E-state index contributed by atoms with van der Waals surface area (Å²) in [5, 5.41) is 6.99. The van der Waals surface area contributed by atoms with E-state index in [1.807, 2.05) is 0 Å². The van der Waals surface area contributed by atoms with Crippen molar-refractivity contribution in [3.8, 4) is 0 Å². The minimum atomic E-state index is 0.489. The Morgan fingerprint density at radius 1 is 1.37 bits per heavy atom. The fourth-order valence-electron chi connectivity index (χ4n) is 3.04. The van der Waals surface area contributed by atoms with Crippen LogP contribution in [-0.2, 0) is 0 Å². The van der Waals surface area contributed by atoms with Gasteiger partial charge < -0.3 is 10.6 Å². The van der Waals surface area contributed by atoms with E-state index in [1.54, 1.807) is 0 Å². The highest BCUT2D eigenvalue weighted by atomic mass is 14.9. The molecule has 106 valence electrons. The number of rotatable bonds is 5. The zero-order valence-corrected chi connectivity index (χ0v) is 12.8. The third-order valence-corrected chi connectivity index (χ3v) is 4.43. The highest BCUT2D eigenvalue weighted by Crippen LogP contribution is 2.29. The maximum atomic E-state index is 3.52. The molecule has 0 aromatic heterocycles. The number of nitrogens with one attached hydrogen (secondary N) is 2. The van der Waals surface area contributed by atoms with Gasteiger partial charge in [0, 0.05) is 6.04 Å². The minimum absolute atomic E-state index is 0.489. The second-order valence-corrected chi connectivity index (χ2v) is 6.21. The van der Waals surface area contributed by atoms with Gasteiger partial charge in [0.25, 0.3) is 0 Å². The molecular weight excluding hydrogens is 232 g/mol. The molecule has 2 unspecified atom stereocenters. The van der Waals surface area contributed by atoms with Crippen LogP contribution >= 0.6 is 0 Å². The van der Waals surface area contributed by atoms with Gasteiger partial charge in [0.1, 0.15) is 0 Å². The molecule has 1 fully saturated rings. The summed E-state index contributed by atoms with van der Waals surface area (Å²) in [7, 11) is 2.09. The molecule has 0 aliphatic carbocycles. The second kappa shape index (κ2) is 6.53. The van der Waals surface area contributed by atoms with E-state index in [-0.39, 0.29) is 0 Å². The molecule has 1 aliphatic heterocycles. The molecule has 19 heavy (non-hydrogen) atoms. The molecule has 1 aliphatic rings. The van der Waals surface area contributed by atoms with Crippen molar-refractivity contribution in [3.05, 3.63) is 34.9 Å². The Balaban J connectivity index is 2.18. The van der Waals surface area contributed by atoms with Crippen molar-refractivity contribution in [2.24, 2.45) is 5.92 Å². The van der Waals surface area contributed by atoms with Gasteiger partial charge in [-0.1, -0.05) is 32.0 Å². The van der Waals surface area contributed by atoms with E-state index in [0.29, 0.717) is 12.0 Å². The first-order valence-corrected chi connectivity index (χ1v) is 7.60. The highest BCUT2D eigenvalue weighted by molar-refractivity contribution is 5.35. The average molecular weight is 260 g/mol. The molecule has 2 N–H and O–H groups in total. The van der Waals surface area contributed by atoms with Crippen molar-refractivity contribution in [2.45, 2.75) is 45.6 Å². The lowest BCUT2D eigenvalue weighted by molar-refractivity contribution is 0.429. The average Bonchev–Trinajstić information content (AvgIpc) is 2.89. The van der Waals surface area contributed by atoms with Crippen LogP contribution in [0.2, 0.25) is 0 Å². The van der Waals surface area contributed by atoms with Crippen molar-refractivity contribution in [3.63, 3.8) is 0 Å². The molecule has 0 spiro atoms. The van der Waals surface area contributed by atoms with Gasteiger partial charge in [0.05, 0.1) is 0 Å². The largest absolute Gasteiger partial charge is 0.316 e. The van der Waals surface area contributed by atoms with Gasteiger partial charge >= 0.3 is 0 Å². The third kappa shape index (κ3) is 3.58. The van der Waals surface area contributed by atoms with Gasteiger partial charge in [-0.3, -0.25) is 0 Å². The first-order valence-electron chi connectivity index (χ1n) is 7.60. The van der Waals surface area contributed by atoms with Crippen molar-refractivity contribution in [1.82, 2.24) is 10.6 Å². The quantitative estimate of drug-likeness (QED) is 0.848. The summed E-state index contributed by atoms with van der Waals surface area (Å²) >= 11 is 0. The lowest BCUT2D eigenvalue weighted by Crippen LogP contribution is -2.22. The van der Waals surface area contributed by atoms with Crippen molar-refractivity contribution in [2.75, 3.05) is 20.1 Å². The number of aryl methyl sites for hydroxylation is 1. The highest BCUT2D eigenvalue weighted by Gasteiger charge is 2.21. The Hall–Kier alpha value is -0.860. The van der Waals surface area contributed by atoms with E-state index in [1.165, 1.54) is 42.6 Å². The van der Waals surface area contributed by atoms with E-state index < -0.39 is 0 Å². The maximum Gasteiger partial charge on any atom is 0.0323 e. The molecule has 0 saturated carbocycles. The van der Waals surface area contributed by atoms with Crippen LogP contribution in [0.15, 0.2) is 18.2 Å². The zero-order valence-electron chi connectivity index (χ0n) is 12.8. The van der Waals surface area contributed by atoms with Gasteiger partial charge in [0.15, 0.2) is 0 Å². The monoisotopic (exact) mass is 260 g/mol.